The van der Waals surface area contributed by atoms with Gasteiger partial charge in [0.25, 0.3) is 5.91 Å². The first-order valence-electron chi connectivity index (χ1n) is 8.69. The van der Waals surface area contributed by atoms with Crippen LogP contribution in [0.5, 0.6) is 0 Å². The molecule has 26 heavy (non-hydrogen) atoms. The number of carbonyl (C=O) groups is 2. The highest BCUT2D eigenvalue weighted by Gasteiger charge is 2.20. The molecule has 134 valence electrons. The highest BCUT2D eigenvalue weighted by atomic mass is 16.3. The molecular weight excluding hydrogens is 330 g/mol. The molecule has 1 N–H and O–H groups in total. The van der Waals surface area contributed by atoms with Crippen LogP contribution in [0.2, 0.25) is 0 Å². The van der Waals surface area contributed by atoms with Crippen LogP contribution in [0.1, 0.15) is 29.3 Å². The van der Waals surface area contributed by atoms with Crippen LogP contribution >= 0.6 is 0 Å². The number of hydrogen-bond acceptors (Lipinski definition) is 4. The summed E-state index contributed by atoms with van der Waals surface area (Å²) in [6.45, 7) is 2.67. The summed E-state index contributed by atoms with van der Waals surface area (Å²) in [6.07, 6.45) is 1.92. The number of rotatable bonds is 5. The maximum absolute atomic E-state index is 12.0. The van der Waals surface area contributed by atoms with Gasteiger partial charge in [0.2, 0.25) is 5.91 Å². The van der Waals surface area contributed by atoms with E-state index in [4.69, 9.17) is 0 Å². The Hall–Kier alpha value is -3.02. The Labute approximate surface area is 152 Å². The van der Waals surface area contributed by atoms with Crippen molar-refractivity contribution in [2.24, 2.45) is 5.18 Å². The monoisotopic (exact) mass is 351 g/mol. The Balaban J connectivity index is 1.78. The number of anilines is 1. The van der Waals surface area contributed by atoms with Crippen molar-refractivity contribution < 1.29 is 9.59 Å². The minimum atomic E-state index is -0.220. The van der Waals surface area contributed by atoms with E-state index in [2.05, 4.69) is 16.6 Å². The summed E-state index contributed by atoms with van der Waals surface area (Å²) in [5, 5.41) is 5.36. The normalized spacial score (nSPS) is 13.0. The molecular formula is C20H21N3O3. The van der Waals surface area contributed by atoms with Crippen LogP contribution in [0, 0.1) is 4.91 Å². The van der Waals surface area contributed by atoms with Gasteiger partial charge in [-0.15, -0.1) is 0 Å². The minimum absolute atomic E-state index is 0.0657. The van der Waals surface area contributed by atoms with E-state index >= 15 is 0 Å². The lowest BCUT2D eigenvalue weighted by Crippen LogP contribution is -2.33. The van der Waals surface area contributed by atoms with Crippen molar-refractivity contribution in [3.05, 3.63) is 58.5 Å². The van der Waals surface area contributed by atoms with Crippen molar-refractivity contribution in [1.82, 2.24) is 5.32 Å². The van der Waals surface area contributed by atoms with E-state index in [1.165, 1.54) is 5.56 Å². The third-order valence-corrected chi connectivity index (χ3v) is 4.55. The largest absolute Gasteiger partial charge is 0.350 e. The minimum Gasteiger partial charge on any atom is -0.350 e. The number of aryl methyl sites for hydroxylation is 1. The molecule has 1 heterocycles. The van der Waals surface area contributed by atoms with Crippen molar-refractivity contribution >= 4 is 17.5 Å². The molecule has 2 amide bonds. The number of nitrogens with zero attached hydrogens (tertiary/aromatic N) is 2. The molecule has 2 aromatic rings. The van der Waals surface area contributed by atoms with E-state index < -0.39 is 0 Å². The van der Waals surface area contributed by atoms with E-state index in [-0.39, 0.29) is 24.9 Å². The zero-order chi connectivity index (χ0) is 18.5. The molecule has 0 aliphatic carbocycles. The molecule has 1 aliphatic rings. The zero-order valence-corrected chi connectivity index (χ0v) is 14.7. The molecule has 6 nitrogen and oxygen atoms in total. The van der Waals surface area contributed by atoms with Crippen LogP contribution in [0.3, 0.4) is 0 Å². The molecule has 2 aromatic carbocycles. The molecule has 0 bridgehead atoms. The standard InChI is InChI=1S/C20H21N3O3/c1-14(24)23-12-2-3-18-13-17(8-9-19(18)23)15-4-6-16(7-5-15)20(25)21-10-11-22-26/h4-9,13H,2-3,10-12H2,1H3,(H,21,25). The molecule has 0 fully saturated rings. The fraction of sp³-hybridized carbons (Fsp3) is 0.300. The summed E-state index contributed by atoms with van der Waals surface area (Å²) < 4.78 is 0. The van der Waals surface area contributed by atoms with E-state index in [0.717, 1.165) is 36.2 Å². The van der Waals surface area contributed by atoms with Crippen molar-refractivity contribution in [2.75, 3.05) is 24.5 Å². The highest BCUT2D eigenvalue weighted by Crippen LogP contribution is 2.31. The first kappa shape index (κ1) is 17.8. The van der Waals surface area contributed by atoms with E-state index in [1.54, 1.807) is 19.1 Å². The fourth-order valence-corrected chi connectivity index (χ4v) is 3.23. The zero-order valence-electron chi connectivity index (χ0n) is 14.7. The number of hydrogen-bond donors (Lipinski definition) is 1. The fourth-order valence-electron chi connectivity index (χ4n) is 3.23. The van der Waals surface area contributed by atoms with E-state index in [9.17, 15) is 14.5 Å². The van der Waals surface area contributed by atoms with Gasteiger partial charge in [-0.25, -0.2) is 0 Å². The van der Waals surface area contributed by atoms with Crippen molar-refractivity contribution in [2.45, 2.75) is 19.8 Å². The van der Waals surface area contributed by atoms with Crippen molar-refractivity contribution in [3.8, 4) is 11.1 Å². The van der Waals surface area contributed by atoms with E-state index in [1.807, 2.05) is 29.2 Å². The third kappa shape index (κ3) is 3.79. The van der Waals surface area contributed by atoms with Crippen molar-refractivity contribution in [3.63, 3.8) is 0 Å². The van der Waals surface area contributed by atoms with Crippen LogP contribution < -0.4 is 10.2 Å². The SMILES string of the molecule is CC(=O)N1CCCc2cc(-c3ccc(C(=O)NCCN=O)cc3)ccc21. The molecule has 0 spiro atoms. The van der Waals surface area contributed by atoms with Gasteiger partial charge in [-0.2, -0.15) is 4.91 Å². The number of benzene rings is 2. The second kappa shape index (κ2) is 7.91. The number of amides is 2. The molecule has 0 radical (unpaired) electrons. The average molecular weight is 351 g/mol. The predicted octanol–water partition coefficient (Wildman–Crippen LogP) is 3.15. The Morgan fingerprint density at radius 2 is 1.85 bits per heavy atom. The van der Waals surface area contributed by atoms with Gasteiger partial charge >= 0.3 is 0 Å². The summed E-state index contributed by atoms with van der Waals surface area (Å²) >= 11 is 0. The van der Waals surface area contributed by atoms with Gasteiger partial charge in [0.05, 0.1) is 6.54 Å². The Morgan fingerprint density at radius 3 is 2.54 bits per heavy atom. The second-order valence-corrected chi connectivity index (χ2v) is 6.30. The lowest BCUT2D eigenvalue weighted by atomic mass is 9.95. The van der Waals surface area contributed by atoms with Gasteiger partial charge in [0.15, 0.2) is 0 Å². The lowest BCUT2D eigenvalue weighted by molar-refractivity contribution is -0.116. The van der Waals surface area contributed by atoms with Crippen LogP contribution in [0.4, 0.5) is 5.69 Å². The summed E-state index contributed by atoms with van der Waals surface area (Å²) in [5.74, 6) is -0.151. The average Bonchev–Trinajstić information content (AvgIpc) is 2.67. The first-order valence-corrected chi connectivity index (χ1v) is 8.69. The highest BCUT2D eigenvalue weighted by molar-refractivity contribution is 5.95. The first-order chi connectivity index (χ1) is 12.6. The number of fused-ring (bicyclic) bond motifs is 1. The summed E-state index contributed by atoms with van der Waals surface area (Å²) in [6, 6.07) is 13.5. The van der Waals surface area contributed by atoms with E-state index in [0.29, 0.717) is 5.56 Å². The maximum Gasteiger partial charge on any atom is 0.251 e. The van der Waals surface area contributed by atoms with Crippen LogP contribution in [-0.2, 0) is 11.2 Å². The number of carbonyl (C=O) groups excluding carboxylic acids is 2. The van der Waals surface area contributed by atoms with Gasteiger partial charge in [0, 0.05) is 31.3 Å². The van der Waals surface area contributed by atoms with Gasteiger partial charge in [-0.3, -0.25) is 9.59 Å². The summed E-state index contributed by atoms with van der Waals surface area (Å²) in [4.78, 5) is 35.6. The molecule has 0 saturated carbocycles. The van der Waals surface area contributed by atoms with Crippen LogP contribution in [0.25, 0.3) is 11.1 Å². The molecule has 6 heteroatoms. The predicted molar refractivity (Wildman–Crippen MR) is 101 cm³/mol. The molecule has 3 rings (SSSR count). The Bertz CT molecular complexity index is 831. The van der Waals surface area contributed by atoms with Gasteiger partial charge in [-0.1, -0.05) is 23.4 Å². The molecule has 1 aliphatic heterocycles. The number of nitrogens with one attached hydrogen (secondary N) is 1. The molecule has 0 unspecified atom stereocenters. The third-order valence-electron chi connectivity index (χ3n) is 4.55. The Morgan fingerprint density at radius 1 is 1.12 bits per heavy atom. The van der Waals surface area contributed by atoms with Crippen LogP contribution in [-0.4, -0.2) is 31.4 Å². The van der Waals surface area contributed by atoms with Gasteiger partial charge in [0.1, 0.15) is 0 Å². The second-order valence-electron chi connectivity index (χ2n) is 6.30. The summed E-state index contributed by atoms with van der Waals surface area (Å²) in [7, 11) is 0. The topological polar surface area (TPSA) is 78.8 Å². The lowest BCUT2D eigenvalue weighted by Gasteiger charge is -2.29. The number of nitroso groups, excluding NO2 is 1. The maximum atomic E-state index is 12.0. The smallest absolute Gasteiger partial charge is 0.251 e. The van der Waals surface area contributed by atoms with Crippen molar-refractivity contribution in [1.29, 1.82) is 0 Å². The van der Waals surface area contributed by atoms with Gasteiger partial charge in [-0.05, 0) is 53.8 Å². The molecule has 0 aromatic heterocycles. The summed E-state index contributed by atoms with van der Waals surface area (Å²) in [5.41, 5.74) is 4.78. The molecule has 0 saturated heterocycles. The van der Waals surface area contributed by atoms with Gasteiger partial charge < -0.3 is 10.2 Å². The Kier molecular flexibility index (Phi) is 5.41. The quantitative estimate of drug-likeness (QED) is 0.664. The molecule has 0 atom stereocenters. The van der Waals surface area contributed by atoms with Crippen LogP contribution in [0.15, 0.2) is 47.6 Å².